The molecule has 13 heavy (non-hydrogen) atoms. The van der Waals surface area contributed by atoms with Crippen molar-refractivity contribution in [2.24, 2.45) is 0 Å². The number of rotatable bonds is 4. The van der Waals surface area contributed by atoms with Gasteiger partial charge in [0.15, 0.2) is 0 Å². The first kappa shape index (κ1) is 10.3. The van der Waals surface area contributed by atoms with Crippen molar-refractivity contribution >= 4 is 13.4 Å². The van der Waals surface area contributed by atoms with Gasteiger partial charge in [0.2, 0.25) is 0 Å². The van der Waals surface area contributed by atoms with Crippen LogP contribution in [-0.4, -0.2) is 13.1 Å². The second kappa shape index (κ2) is 4.43. The van der Waals surface area contributed by atoms with E-state index in [1.807, 2.05) is 12.3 Å². The average molecular weight is 191 g/mol. The van der Waals surface area contributed by atoms with Gasteiger partial charge in [-0.05, 0) is 0 Å². The lowest BCUT2D eigenvalue weighted by Gasteiger charge is -2.25. The van der Waals surface area contributed by atoms with E-state index in [4.69, 9.17) is 0 Å². The summed E-state index contributed by atoms with van der Waals surface area (Å²) in [5.41, 5.74) is 0. The molecule has 1 aromatic rings. The first-order valence-electron chi connectivity index (χ1n) is 5.04. The van der Waals surface area contributed by atoms with E-state index in [9.17, 15) is 0 Å². The summed E-state index contributed by atoms with van der Waals surface area (Å²) in [5, 5.41) is 1.21. The number of hydrogen-bond acceptors (Lipinski definition) is 1. The van der Waals surface area contributed by atoms with E-state index in [2.05, 4.69) is 37.9 Å². The van der Waals surface area contributed by atoms with Gasteiger partial charge in [-0.25, -0.2) is 0 Å². The lowest BCUT2D eigenvalue weighted by molar-refractivity contribution is 1.17. The Hall–Kier alpha value is -0.813. The second-order valence-corrected chi connectivity index (χ2v) is 8.56. The zero-order chi connectivity index (χ0) is 9.73. The van der Waals surface area contributed by atoms with Crippen molar-refractivity contribution in [1.29, 1.82) is 0 Å². The summed E-state index contributed by atoms with van der Waals surface area (Å²) < 4.78 is 0. The van der Waals surface area contributed by atoms with Crippen LogP contribution in [0, 0.1) is 12.1 Å². The predicted octanol–water partition coefficient (Wildman–Crippen LogP) is 2.40. The van der Waals surface area contributed by atoms with Gasteiger partial charge in [0.1, 0.15) is 8.07 Å². The van der Waals surface area contributed by atoms with E-state index >= 15 is 0 Å². The maximum Gasteiger partial charge on any atom is 0.121 e. The Balaban J connectivity index is 3.01. The molecule has 0 radical (unpaired) electrons. The largest absolute Gasteiger partial charge is 0.257 e. The molecule has 2 heteroatoms. The highest BCUT2D eigenvalue weighted by Gasteiger charge is 2.30. The first-order chi connectivity index (χ1) is 6.29. The first-order valence-corrected chi connectivity index (χ1v) is 7.66. The Labute approximate surface area is 82.2 Å². The molecule has 0 saturated carbocycles. The van der Waals surface area contributed by atoms with Crippen molar-refractivity contribution in [3.63, 3.8) is 0 Å². The van der Waals surface area contributed by atoms with Crippen LogP contribution >= 0.6 is 0 Å². The third-order valence-electron chi connectivity index (χ3n) is 3.08. The Morgan fingerprint density at radius 1 is 1.23 bits per heavy atom. The van der Waals surface area contributed by atoms with E-state index in [-0.39, 0.29) is 0 Å². The predicted molar refractivity (Wildman–Crippen MR) is 58.7 cm³/mol. The summed E-state index contributed by atoms with van der Waals surface area (Å²) in [6.45, 7) is 6.84. The SMILES string of the molecule is CC[Si](CC)(CC)c1c#cccn1. The maximum atomic E-state index is 4.44. The second-order valence-electron chi connectivity index (χ2n) is 3.40. The normalized spacial score (nSPS) is 11.0. The number of nitrogens with zero attached hydrogens (tertiary/aromatic N) is 1. The molecule has 0 spiro atoms. The molecule has 70 valence electrons. The van der Waals surface area contributed by atoms with Crippen LogP contribution in [0.1, 0.15) is 20.8 Å². The van der Waals surface area contributed by atoms with Gasteiger partial charge >= 0.3 is 0 Å². The van der Waals surface area contributed by atoms with Gasteiger partial charge in [-0.15, -0.1) is 0 Å². The summed E-state index contributed by atoms with van der Waals surface area (Å²) >= 11 is 0. The summed E-state index contributed by atoms with van der Waals surface area (Å²) in [7, 11) is -1.29. The Morgan fingerprint density at radius 3 is 2.23 bits per heavy atom. The average Bonchev–Trinajstić information content (AvgIpc) is 2.23. The van der Waals surface area contributed by atoms with Crippen LogP contribution in [0.4, 0.5) is 0 Å². The Morgan fingerprint density at radius 2 is 1.85 bits per heavy atom. The molecule has 0 saturated heterocycles. The van der Waals surface area contributed by atoms with E-state index in [1.165, 1.54) is 23.4 Å². The number of aromatic nitrogens is 1. The molecular formula is C11H17NSi. The molecule has 0 bridgehead atoms. The minimum Gasteiger partial charge on any atom is -0.257 e. The van der Waals surface area contributed by atoms with Gasteiger partial charge < -0.3 is 0 Å². The molecule has 0 fully saturated rings. The van der Waals surface area contributed by atoms with Crippen LogP contribution in [0.25, 0.3) is 0 Å². The molecule has 1 nitrogen and oxygen atoms in total. The van der Waals surface area contributed by atoms with Crippen molar-refractivity contribution in [2.45, 2.75) is 38.9 Å². The van der Waals surface area contributed by atoms with E-state index in [0.717, 1.165) is 0 Å². The highest BCUT2D eigenvalue weighted by molar-refractivity contribution is 6.90. The van der Waals surface area contributed by atoms with Crippen LogP contribution in [0.5, 0.6) is 0 Å². The molecule has 1 rings (SSSR count). The van der Waals surface area contributed by atoms with Crippen LogP contribution in [0.15, 0.2) is 12.3 Å². The molecule has 0 aliphatic carbocycles. The fraction of sp³-hybridized carbons (Fsp3) is 0.545. The molecule has 0 aliphatic rings. The zero-order valence-electron chi connectivity index (χ0n) is 8.72. The smallest absolute Gasteiger partial charge is 0.121 e. The van der Waals surface area contributed by atoms with Gasteiger partial charge in [0.25, 0.3) is 0 Å². The third kappa shape index (κ3) is 1.92. The molecule has 0 aliphatic heterocycles. The molecular weight excluding hydrogens is 174 g/mol. The topological polar surface area (TPSA) is 12.9 Å². The molecule has 1 heterocycles. The maximum absolute atomic E-state index is 4.44. The quantitative estimate of drug-likeness (QED) is 0.666. The standard InChI is InChI=1S/C11H17NSi/c1-4-13(5-2,6-3)11-9-7-8-10-12-11/h8,10H,4-6H2,1-3H3. The fourth-order valence-corrected chi connectivity index (χ4v) is 5.00. The van der Waals surface area contributed by atoms with Crippen molar-refractivity contribution in [2.75, 3.05) is 0 Å². The molecule has 0 N–H and O–H groups in total. The summed E-state index contributed by atoms with van der Waals surface area (Å²) in [6.07, 6.45) is 1.84. The monoisotopic (exact) mass is 191 g/mol. The van der Waals surface area contributed by atoms with Crippen molar-refractivity contribution in [1.82, 2.24) is 4.98 Å². The third-order valence-corrected chi connectivity index (χ3v) is 8.40. The summed E-state index contributed by atoms with van der Waals surface area (Å²) in [4.78, 5) is 4.44. The highest BCUT2D eigenvalue weighted by Crippen LogP contribution is 2.17. The summed E-state index contributed by atoms with van der Waals surface area (Å²) in [6, 6.07) is 11.8. The molecule has 0 unspecified atom stereocenters. The van der Waals surface area contributed by atoms with Crippen LogP contribution in [-0.2, 0) is 0 Å². The zero-order valence-corrected chi connectivity index (χ0v) is 9.72. The minimum atomic E-state index is -1.29. The van der Waals surface area contributed by atoms with Crippen molar-refractivity contribution in [3.05, 3.63) is 24.4 Å². The van der Waals surface area contributed by atoms with Crippen LogP contribution in [0.3, 0.4) is 0 Å². The van der Waals surface area contributed by atoms with Gasteiger partial charge in [-0.2, -0.15) is 0 Å². The lowest BCUT2D eigenvalue weighted by Crippen LogP contribution is -2.47. The van der Waals surface area contributed by atoms with E-state index in [1.54, 1.807) is 0 Å². The fourth-order valence-electron chi connectivity index (χ4n) is 1.81. The van der Waals surface area contributed by atoms with Gasteiger partial charge in [-0.1, -0.05) is 51.0 Å². The van der Waals surface area contributed by atoms with Crippen LogP contribution in [0.2, 0.25) is 18.1 Å². The van der Waals surface area contributed by atoms with Crippen molar-refractivity contribution < 1.29 is 0 Å². The molecule has 0 atom stereocenters. The van der Waals surface area contributed by atoms with Gasteiger partial charge in [-0.3, -0.25) is 4.98 Å². The molecule has 1 aromatic heterocycles. The van der Waals surface area contributed by atoms with Crippen molar-refractivity contribution in [3.8, 4) is 0 Å². The minimum absolute atomic E-state index is 1.21. The Kier molecular flexibility index (Phi) is 3.50. The number of hydrogen-bond donors (Lipinski definition) is 0. The molecule has 0 amide bonds. The molecule has 0 aromatic carbocycles. The lowest BCUT2D eigenvalue weighted by atomic mass is 10.6. The van der Waals surface area contributed by atoms with Crippen LogP contribution < -0.4 is 5.32 Å². The van der Waals surface area contributed by atoms with Gasteiger partial charge in [0, 0.05) is 12.3 Å². The Bertz CT molecular complexity index is 233. The van der Waals surface area contributed by atoms with Gasteiger partial charge in [0.05, 0.1) is 5.32 Å². The van der Waals surface area contributed by atoms with E-state index in [0.29, 0.717) is 0 Å². The highest BCUT2D eigenvalue weighted by atomic mass is 28.3. The van der Waals surface area contributed by atoms with E-state index < -0.39 is 8.07 Å². The summed E-state index contributed by atoms with van der Waals surface area (Å²) in [5.74, 6) is 0.